The molecule has 0 unspecified atom stereocenters. The molecule has 1 atom stereocenters. The fourth-order valence-electron chi connectivity index (χ4n) is 3.96. The van der Waals surface area contributed by atoms with Crippen LogP contribution in [0.3, 0.4) is 0 Å². The van der Waals surface area contributed by atoms with Gasteiger partial charge >= 0.3 is 0 Å². The van der Waals surface area contributed by atoms with Crippen molar-refractivity contribution in [3.63, 3.8) is 0 Å². The van der Waals surface area contributed by atoms with Gasteiger partial charge in [-0.25, -0.2) is 4.98 Å². The summed E-state index contributed by atoms with van der Waals surface area (Å²) in [6.07, 6.45) is -0.0633. The van der Waals surface area contributed by atoms with Gasteiger partial charge in [0.1, 0.15) is 22.7 Å². The van der Waals surface area contributed by atoms with Gasteiger partial charge < -0.3 is 14.8 Å². The maximum atomic E-state index is 6.08. The Kier molecular flexibility index (Phi) is 6.50. The van der Waals surface area contributed by atoms with Gasteiger partial charge in [0.25, 0.3) is 0 Å². The molecule has 0 amide bonds. The molecule has 1 aromatic carbocycles. The smallest absolute Gasteiger partial charge is 0.211 e. The lowest BCUT2D eigenvalue weighted by Gasteiger charge is -2.33. The van der Waals surface area contributed by atoms with Gasteiger partial charge in [0.05, 0.1) is 19.4 Å². The molecular formula is C23H29N5O2S. The molecule has 0 bridgehead atoms. The number of aryl methyl sites for hydroxylation is 2. The zero-order chi connectivity index (χ0) is 22.0. The Labute approximate surface area is 187 Å². The molecular weight excluding hydrogens is 410 g/mol. The molecule has 2 aromatic heterocycles. The highest BCUT2D eigenvalue weighted by Crippen LogP contribution is 2.30. The molecule has 31 heavy (non-hydrogen) atoms. The van der Waals surface area contributed by atoms with Crippen LogP contribution < -0.4 is 10.1 Å². The van der Waals surface area contributed by atoms with Crippen LogP contribution in [0.2, 0.25) is 0 Å². The lowest BCUT2D eigenvalue weighted by Crippen LogP contribution is -2.38. The van der Waals surface area contributed by atoms with E-state index in [1.54, 1.807) is 7.11 Å². The summed E-state index contributed by atoms with van der Waals surface area (Å²) in [5, 5.41) is 13.1. The summed E-state index contributed by atoms with van der Waals surface area (Å²) in [6.45, 7) is 11.7. The zero-order valence-corrected chi connectivity index (χ0v) is 19.5. The number of methoxy groups -OCH3 is 1. The van der Waals surface area contributed by atoms with Crippen LogP contribution in [0.15, 0.2) is 24.3 Å². The van der Waals surface area contributed by atoms with Crippen LogP contribution in [-0.4, -0.2) is 46.9 Å². The second-order valence-corrected chi connectivity index (χ2v) is 9.10. The molecule has 0 saturated carbocycles. The van der Waals surface area contributed by atoms with Crippen molar-refractivity contribution in [1.82, 2.24) is 20.1 Å². The fourth-order valence-corrected chi connectivity index (χ4v) is 4.56. The summed E-state index contributed by atoms with van der Waals surface area (Å²) in [7, 11) is 1.73. The standard InChI is InChI=1S/C23H29N5O2S/c1-14-11-20(29-5)16(3)15(2)18(14)12-28-9-10-30-21(13-28)19-7-6-8-22(24-19)25-23-27-26-17(4)31-23/h6-8,11,21H,9-10,12-13H2,1-5H3,(H,24,25,27)/t21-/m1/s1. The van der Waals surface area contributed by atoms with Crippen LogP contribution in [-0.2, 0) is 11.3 Å². The number of ether oxygens (including phenoxy) is 2. The van der Waals surface area contributed by atoms with E-state index in [-0.39, 0.29) is 6.10 Å². The Morgan fingerprint density at radius 3 is 2.77 bits per heavy atom. The average molecular weight is 440 g/mol. The maximum Gasteiger partial charge on any atom is 0.211 e. The van der Waals surface area contributed by atoms with E-state index in [1.165, 1.54) is 33.6 Å². The summed E-state index contributed by atoms with van der Waals surface area (Å²) >= 11 is 1.51. The average Bonchev–Trinajstić information content (AvgIpc) is 3.18. The van der Waals surface area contributed by atoms with Crippen LogP contribution in [0.1, 0.15) is 39.1 Å². The molecule has 1 aliphatic heterocycles. The molecule has 8 heteroatoms. The first-order chi connectivity index (χ1) is 14.9. The SMILES string of the molecule is COc1cc(C)c(CN2CCO[C@@H](c3cccc(Nc4nnc(C)s4)n3)C2)c(C)c1C. The van der Waals surface area contributed by atoms with Crippen LogP contribution in [0.25, 0.3) is 0 Å². The van der Waals surface area contributed by atoms with E-state index in [0.717, 1.165) is 47.0 Å². The van der Waals surface area contributed by atoms with E-state index in [0.29, 0.717) is 6.61 Å². The van der Waals surface area contributed by atoms with Gasteiger partial charge in [-0.2, -0.15) is 0 Å². The van der Waals surface area contributed by atoms with Crippen molar-refractivity contribution in [2.75, 3.05) is 32.1 Å². The molecule has 0 aliphatic carbocycles. The number of nitrogens with zero attached hydrogens (tertiary/aromatic N) is 4. The van der Waals surface area contributed by atoms with Gasteiger partial charge in [-0.1, -0.05) is 17.4 Å². The third-order valence-corrected chi connectivity index (χ3v) is 6.58. The van der Waals surface area contributed by atoms with E-state index >= 15 is 0 Å². The normalized spacial score (nSPS) is 17.0. The highest BCUT2D eigenvalue weighted by molar-refractivity contribution is 7.15. The first kappa shape index (κ1) is 21.7. The Balaban J connectivity index is 1.48. The number of aromatic nitrogens is 3. The predicted molar refractivity (Wildman–Crippen MR) is 123 cm³/mol. The highest BCUT2D eigenvalue weighted by Gasteiger charge is 2.24. The second kappa shape index (κ2) is 9.30. The topological polar surface area (TPSA) is 72.4 Å². The third kappa shape index (κ3) is 4.87. The summed E-state index contributed by atoms with van der Waals surface area (Å²) < 4.78 is 11.6. The van der Waals surface area contributed by atoms with Gasteiger partial charge in [-0.05, 0) is 68.1 Å². The number of morpholine rings is 1. The van der Waals surface area contributed by atoms with Gasteiger partial charge in [-0.3, -0.25) is 4.90 Å². The van der Waals surface area contributed by atoms with E-state index in [4.69, 9.17) is 14.5 Å². The summed E-state index contributed by atoms with van der Waals surface area (Å²) in [6, 6.07) is 8.11. The lowest BCUT2D eigenvalue weighted by molar-refractivity contribution is -0.0350. The van der Waals surface area contributed by atoms with Crippen LogP contribution in [0, 0.1) is 27.7 Å². The Morgan fingerprint density at radius 2 is 2.03 bits per heavy atom. The molecule has 164 valence electrons. The number of rotatable bonds is 6. The van der Waals surface area contributed by atoms with Crippen molar-refractivity contribution in [2.24, 2.45) is 0 Å². The molecule has 1 fully saturated rings. The molecule has 0 radical (unpaired) electrons. The second-order valence-electron chi connectivity index (χ2n) is 7.92. The summed E-state index contributed by atoms with van der Waals surface area (Å²) in [4.78, 5) is 7.22. The van der Waals surface area contributed by atoms with E-state index in [2.05, 4.69) is 47.3 Å². The van der Waals surface area contributed by atoms with Crippen LogP contribution in [0.4, 0.5) is 10.9 Å². The number of hydrogen-bond acceptors (Lipinski definition) is 8. The van der Waals surface area contributed by atoms with E-state index in [1.807, 2.05) is 25.1 Å². The zero-order valence-electron chi connectivity index (χ0n) is 18.7. The Hall–Kier alpha value is -2.55. The van der Waals surface area contributed by atoms with Crippen molar-refractivity contribution in [3.05, 3.63) is 57.2 Å². The molecule has 1 saturated heterocycles. The third-order valence-electron chi connectivity index (χ3n) is 5.82. The number of anilines is 2. The predicted octanol–water partition coefficient (Wildman–Crippen LogP) is 4.49. The van der Waals surface area contributed by atoms with Crippen molar-refractivity contribution < 1.29 is 9.47 Å². The number of nitrogens with one attached hydrogen (secondary N) is 1. The molecule has 7 nitrogen and oxygen atoms in total. The van der Waals surface area contributed by atoms with E-state index < -0.39 is 0 Å². The first-order valence-corrected chi connectivity index (χ1v) is 11.3. The molecule has 3 heterocycles. The van der Waals surface area contributed by atoms with E-state index in [9.17, 15) is 0 Å². The molecule has 1 N–H and O–H groups in total. The lowest BCUT2D eigenvalue weighted by atomic mass is 9.96. The highest BCUT2D eigenvalue weighted by atomic mass is 32.1. The number of benzene rings is 1. The largest absolute Gasteiger partial charge is 0.496 e. The number of hydrogen-bond donors (Lipinski definition) is 1. The molecule has 3 aromatic rings. The van der Waals surface area contributed by atoms with Crippen molar-refractivity contribution >= 4 is 22.3 Å². The maximum absolute atomic E-state index is 6.08. The van der Waals surface area contributed by atoms with Gasteiger partial charge in [-0.15, -0.1) is 10.2 Å². The minimum Gasteiger partial charge on any atom is -0.496 e. The Morgan fingerprint density at radius 1 is 1.19 bits per heavy atom. The molecule has 0 spiro atoms. The van der Waals surface area contributed by atoms with Gasteiger partial charge in [0.15, 0.2) is 0 Å². The van der Waals surface area contributed by atoms with Crippen LogP contribution in [0.5, 0.6) is 5.75 Å². The first-order valence-electron chi connectivity index (χ1n) is 10.5. The monoisotopic (exact) mass is 439 g/mol. The van der Waals surface area contributed by atoms with Crippen molar-refractivity contribution in [2.45, 2.75) is 40.3 Å². The minimum atomic E-state index is -0.0633. The molecule has 4 rings (SSSR count). The van der Waals surface area contributed by atoms with Crippen molar-refractivity contribution in [1.29, 1.82) is 0 Å². The minimum absolute atomic E-state index is 0.0633. The summed E-state index contributed by atoms with van der Waals surface area (Å²) in [5.41, 5.74) is 6.07. The van der Waals surface area contributed by atoms with Gasteiger partial charge in [0, 0.05) is 19.6 Å². The fraction of sp³-hybridized carbons (Fsp3) is 0.435. The summed E-state index contributed by atoms with van der Waals surface area (Å²) in [5.74, 6) is 1.71. The van der Waals surface area contributed by atoms with Gasteiger partial charge in [0.2, 0.25) is 5.13 Å². The van der Waals surface area contributed by atoms with Crippen LogP contribution >= 0.6 is 11.3 Å². The molecule has 1 aliphatic rings. The Bertz CT molecular complexity index is 1070. The van der Waals surface area contributed by atoms with Crippen molar-refractivity contribution in [3.8, 4) is 5.75 Å². The quantitative estimate of drug-likeness (QED) is 0.606. The number of pyridine rings is 1.